The number of ether oxygens (including phenoxy) is 5. The summed E-state index contributed by atoms with van der Waals surface area (Å²) >= 11 is 0. The minimum absolute atomic E-state index is 0. The number of hydrogen-bond donors (Lipinski definition) is 5. The van der Waals surface area contributed by atoms with Crippen molar-refractivity contribution in [2.75, 3.05) is 99.0 Å². The van der Waals surface area contributed by atoms with Gasteiger partial charge in [-0.05, 0) is 116 Å². The van der Waals surface area contributed by atoms with Crippen LogP contribution >= 0.6 is 0 Å². The van der Waals surface area contributed by atoms with Crippen molar-refractivity contribution in [3.8, 4) is 17.2 Å². The van der Waals surface area contributed by atoms with E-state index in [9.17, 15) is 68.3 Å². The first-order chi connectivity index (χ1) is 45.7. The molecule has 0 saturated heterocycles. The standard InChI is InChI=1S/C21H28F3N3O5.C19H24F3N3O5.C16H21F3N2O2.C5H7NO3.CH4O.CH4.Na.H2O/c1-4-8-14-16(10-9-15-18(14)32-26-19(15)21(22,23)24)31-12-7-11-27(5-2)20(29)25-13-17(28)30-6-3;1-3-6-12-14(8-7-13-16(12)30-24-17(13)19(20,21)22)29-10-5-9-25(4-2)18(28)23-11-15(26)27;1-3-6-11-13(22-10-5-9-20-4-2)8-7-12-14(11)23-21-15(12)16(17,18)19;1-2-9-5(8)3-6-4-7;1-2;;;/h9-10H,4-8,11-13H2,1-3H3,(H,25,29);7-8H,3-6,9-11H2,1-2H3,(H,23,28)(H,26,27);7-8,20H,3-6,9-10H2,1-2H3;2-3H2,1H3;2H,1H3;1H4;;1H2/q;;;;;;+1;/p-1. The number of esters is 2. The molecule has 0 unspecified atom stereocenters. The van der Waals surface area contributed by atoms with Gasteiger partial charge in [-0.1, -0.05) is 69.9 Å². The van der Waals surface area contributed by atoms with Gasteiger partial charge in [0.1, 0.15) is 36.9 Å². The molecular weight excluding hydrogens is 1350 g/mol. The number of aliphatic hydroxyl groups excluding tert-OH is 1. The molecule has 0 radical (unpaired) electrons. The maximum absolute atomic E-state index is 13.1. The minimum Gasteiger partial charge on any atom is -0.870 e. The number of aromatic nitrogens is 3. The van der Waals surface area contributed by atoms with E-state index >= 15 is 0 Å². The summed E-state index contributed by atoms with van der Waals surface area (Å²) in [6.45, 7) is 18.5. The maximum atomic E-state index is 13.1. The molecule has 0 spiro atoms. The Balaban J connectivity index is 0. The molecular formula is C63H89F9N9NaO17. The number of amides is 4. The van der Waals surface area contributed by atoms with E-state index < -0.39 is 72.1 Å². The van der Waals surface area contributed by atoms with Gasteiger partial charge in [0, 0.05) is 50.0 Å². The van der Waals surface area contributed by atoms with E-state index in [1.165, 1.54) is 46.2 Å². The SMILES string of the molecule is C.CCCc1c(OCCCN(CC)C(=O)NCC(=O)O)ccc2c(C(F)(F)F)noc12.CCCc1c(OCCCN(CC)C(=O)NCC(=O)OCC)ccc2c(C(F)(F)F)noc12.CCCc1c(OCCCNCC)ccc2c(C(F)(F)F)noc12.CCOC(=O)CN=C=O.CO.[Na+].[OH-]. The first kappa shape index (κ1) is 93.1. The number of nitrogens with one attached hydrogen (secondary N) is 3. The fourth-order valence-corrected chi connectivity index (χ4v) is 8.88. The number of aliphatic imine (C=N–C) groups is 1. The van der Waals surface area contributed by atoms with E-state index in [1.807, 2.05) is 27.7 Å². The number of benzene rings is 3. The van der Waals surface area contributed by atoms with Crippen molar-refractivity contribution in [3.05, 3.63) is 70.2 Å². The number of carbonyl (C=O) groups is 5. The van der Waals surface area contributed by atoms with Gasteiger partial charge in [-0.2, -0.15) is 44.5 Å². The maximum Gasteiger partial charge on any atom is 1.00 e. The fraction of sp³-hybridized carbons (Fsp3) is 0.571. The zero-order valence-electron chi connectivity index (χ0n) is 56.4. The van der Waals surface area contributed by atoms with Gasteiger partial charge in [-0.15, -0.1) is 0 Å². The van der Waals surface area contributed by atoms with E-state index in [0.29, 0.717) is 118 Å². The number of aliphatic carboxylic acids is 1. The molecule has 0 aliphatic carbocycles. The summed E-state index contributed by atoms with van der Waals surface area (Å²) in [5, 5.41) is 33.0. The summed E-state index contributed by atoms with van der Waals surface area (Å²) in [5.41, 5.74) is -1.09. The first-order valence-electron chi connectivity index (χ1n) is 30.8. The van der Waals surface area contributed by atoms with Crippen LogP contribution in [0.2, 0.25) is 0 Å². The fourth-order valence-electron chi connectivity index (χ4n) is 8.88. The van der Waals surface area contributed by atoms with Crippen LogP contribution in [-0.2, 0) is 66.4 Å². The van der Waals surface area contributed by atoms with E-state index in [1.54, 1.807) is 33.8 Å². The predicted octanol–water partition coefficient (Wildman–Crippen LogP) is 8.98. The molecule has 0 fully saturated rings. The molecule has 3 aromatic heterocycles. The van der Waals surface area contributed by atoms with Gasteiger partial charge in [0.25, 0.3) is 0 Å². The summed E-state index contributed by atoms with van der Waals surface area (Å²) in [5.74, 6) is -0.740. The Kier molecular flexibility index (Phi) is 45.8. The largest absolute Gasteiger partial charge is 1.00 e. The van der Waals surface area contributed by atoms with E-state index in [4.69, 9.17) is 42.7 Å². The average molecular weight is 1440 g/mol. The molecule has 0 aliphatic rings. The molecule has 4 amide bonds. The topological polar surface area (TPSA) is 352 Å². The van der Waals surface area contributed by atoms with Gasteiger partial charge in [0.05, 0.1) is 49.2 Å². The van der Waals surface area contributed by atoms with Crippen molar-refractivity contribution in [3.63, 3.8) is 0 Å². The predicted molar refractivity (Wildman–Crippen MR) is 340 cm³/mol. The van der Waals surface area contributed by atoms with Crippen molar-refractivity contribution in [2.24, 2.45) is 4.99 Å². The number of hydrogen-bond acceptors (Lipinski definition) is 21. The van der Waals surface area contributed by atoms with Crippen LogP contribution in [0.15, 0.2) is 55.0 Å². The molecule has 0 bridgehead atoms. The quantitative estimate of drug-likeness (QED) is 0.00656. The van der Waals surface area contributed by atoms with Gasteiger partial charge in [-0.25, -0.2) is 14.4 Å². The smallest absolute Gasteiger partial charge is 0.870 e. The summed E-state index contributed by atoms with van der Waals surface area (Å²) < 4.78 is 159. The number of carbonyl (C=O) groups excluding carboxylic acids is 5. The number of halogens is 9. The van der Waals surface area contributed by atoms with Gasteiger partial charge in [-0.3, -0.25) is 14.4 Å². The van der Waals surface area contributed by atoms with Crippen molar-refractivity contribution in [1.29, 1.82) is 0 Å². The number of carboxylic acids is 1. The average Bonchev–Trinajstić information content (AvgIpc) is 1.67. The Labute approximate surface area is 588 Å². The second-order valence-electron chi connectivity index (χ2n) is 19.9. The summed E-state index contributed by atoms with van der Waals surface area (Å²) in [6, 6.07) is 7.59. The summed E-state index contributed by atoms with van der Waals surface area (Å²) in [7, 11) is 1.00. The van der Waals surface area contributed by atoms with Gasteiger partial charge in [0.15, 0.2) is 33.8 Å². The van der Waals surface area contributed by atoms with Crippen molar-refractivity contribution in [2.45, 2.75) is 139 Å². The van der Waals surface area contributed by atoms with Crippen molar-refractivity contribution >= 4 is 69.0 Å². The van der Waals surface area contributed by atoms with Crippen LogP contribution in [0, 0.1) is 0 Å². The second-order valence-corrected chi connectivity index (χ2v) is 19.9. The third kappa shape index (κ3) is 31.0. The number of alkyl halides is 9. The molecule has 552 valence electrons. The van der Waals surface area contributed by atoms with E-state index in [-0.39, 0.29) is 108 Å². The zero-order chi connectivity index (χ0) is 72.0. The molecule has 6 N–H and O–H groups in total. The molecule has 36 heteroatoms. The first-order valence-corrected chi connectivity index (χ1v) is 30.8. The van der Waals surface area contributed by atoms with Gasteiger partial charge < -0.3 is 78.7 Å². The number of urea groups is 2. The van der Waals surface area contributed by atoms with Crippen LogP contribution in [0.5, 0.6) is 17.2 Å². The normalized spacial score (nSPS) is 10.7. The molecule has 0 atom stereocenters. The van der Waals surface area contributed by atoms with Crippen LogP contribution in [0.1, 0.15) is 135 Å². The number of isocyanates is 1. The molecule has 6 aromatic rings. The van der Waals surface area contributed by atoms with Gasteiger partial charge >= 0.3 is 78.1 Å². The third-order valence-electron chi connectivity index (χ3n) is 13.1. The van der Waals surface area contributed by atoms with Crippen LogP contribution in [-0.4, -0.2) is 176 Å². The van der Waals surface area contributed by atoms with Crippen LogP contribution in [0.25, 0.3) is 32.9 Å². The molecule has 6 rings (SSSR count). The van der Waals surface area contributed by atoms with E-state index in [0.717, 1.165) is 33.0 Å². The molecule has 3 aromatic carbocycles. The number of rotatable bonds is 32. The zero-order valence-corrected chi connectivity index (χ0v) is 58.4. The number of aliphatic hydroxyl groups is 1. The van der Waals surface area contributed by atoms with Gasteiger partial charge in [0.2, 0.25) is 6.08 Å². The second kappa shape index (κ2) is 48.7. The minimum atomic E-state index is -4.61. The molecule has 99 heavy (non-hydrogen) atoms. The molecule has 0 saturated carbocycles. The number of carboxylic acid groups (broad SMARTS) is 1. The Morgan fingerprint density at radius 1 is 0.556 bits per heavy atom. The Hall–Kier alpha value is -7.95. The van der Waals surface area contributed by atoms with E-state index in [2.05, 4.69) is 41.1 Å². The number of aryl methyl sites for hydroxylation is 3. The molecule has 3 heterocycles. The molecule has 0 aliphatic heterocycles. The number of fused-ring (bicyclic) bond motifs is 3. The Morgan fingerprint density at radius 2 is 0.899 bits per heavy atom. The summed E-state index contributed by atoms with van der Waals surface area (Å²) in [6.07, 6.45) is -7.13. The van der Waals surface area contributed by atoms with Crippen LogP contribution < -0.4 is 59.7 Å². The van der Waals surface area contributed by atoms with Crippen molar-refractivity contribution < 1.29 is 151 Å². The Bertz CT molecular complexity index is 3400. The van der Waals surface area contributed by atoms with Crippen LogP contribution in [0.4, 0.5) is 49.1 Å². The van der Waals surface area contributed by atoms with Crippen molar-refractivity contribution in [1.82, 2.24) is 41.2 Å². The summed E-state index contributed by atoms with van der Waals surface area (Å²) in [4.78, 5) is 71.7. The van der Waals surface area contributed by atoms with Crippen LogP contribution in [0.3, 0.4) is 0 Å². The number of nitrogens with zero attached hydrogens (tertiary/aromatic N) is 6. The monoisotopic (exact) mass is 1440 g/mol. The Morgan fingerprint density at radius 3 is 1.20 bits per heavy atom. The molecule has 26 nitrogen and oxygen atoms in total. The third-order valence-corrected chi connectivity index (χ3v) is 13.1.